The van der Waals surface area contributed by atoms with Gasteiger partial charge in [-0.15, -0.1) is 0 Å². The number of sulfonamides is 1. The molecule has 2 aromatic carbocycles. The lowest BCUT2D eigenvalue weighted by Crippen LogP contribution is -2.47. The number of urea groups is 1. The minimum Gasteiger partial charge on any atom is -0.318 e. The molecule has 0 aromatic heterocycles. The Hall–Kier alpha value is -3.24. The van der Waals surface area contributed by atoms with Gasteiger partial charge in [0.1, 0.15) is 5.54 Å². The summed E-state index contributed by atoms with van der Waals surface area (Å²) < 4.78 is 27.2. The van der Waals surface area contributed by atoms with Crippen LogP contribution >= 0.6 is 0 Å². The predicted octanol–water partition coefficient (Wildman–Crippen LogP) is 2.22. The molecule has 4 amide bonds. The highest BCUT2D eigenvalue weighted by molar-refractivity contribution is 7.89. The molecule has 2 N–H and O–H groups in total. The normalized spacial score (nSPS) is 22.3. The molecule has 0 spiro atoms. The Morgan fingerprint density at radius 2 is 1.64 bits per heavy atom. The number of nitrogens with zero attached hydrogens (tertiary/aromatic N) is 2. The first-order valence-corrected chi connectivity index (χ1v) is 12.2. The molecule has 0 saturated carbocycles. The van der Waals surface area contributed by atoms with Gasteiger partial charge in [-0.3, -0.25) is 15.0 Å². The molecule has 1 unspecified atom stereocenters. The number of benzene rings is 2. The summed E-state index contributed by atoms with van der Waals surface area (Å²) in [6.07, 6.45) is 1.63. The van der Waals surface area contributed by atoms with E-state index in [2.05, 4.69) is 17.7 Å². The zero-order chi connectivity index (χ0) is 23.8. The Morgan fingerprint density at radius 3 is 2.24 bits per heavy atom. The maximum Gasteiger partial charge on any atom is 0.344 e. The number of nitrogens with one attached hydrogen (secondary N) is 2. The minimum atomic E-state index is -3.64. The van der Waals surface area contributed by atoms with Crippen LogP contribution in [0, 0.1) is 5.92 Å². The SMILES string of the molecule is CC1CCN(S(=O)(=O)c2ccc(C(=O)NN3C(=O)NC(C)(c4ccccc4)C3=O)cc2)CC1. The summed E-state index contributed by atoms with van der Waals surface area (Å²) in [4.78, 5) is 38.1. The molecular weight excluding hydrogens is 444 g/mol. The van der Waals surface area contributed by atoms with Crippen LogP contribution in [-0.4, -0.2) is 48.7 Å². The summed E-state index contributed by atoms with van der Waals surface area (Å²) in [5, 5.41) is 3.26. The topological polar surface area (TPSA) is 116 Å². The van der Waals surface area contributed by atoms with E-state index in [-0.39, 0.29) is 10.5 Å². The van der Waals surface area contributed by atoms with Crippen LogP contribution < -0.4 is 10.7 Å². The molecule has 4 rings (SSSR count). The van der Waals surface area contributed by atoms with Crippen LogP contribution in [0.2, 0.25) is 0 Å². The van der Waals surface area contributed by atoms with Crippen molar-refractivity contribution in [2.24, 2.45) is 5.92 Å². The second-order valence-corrected chi connectivity index (χ2v) is 10.6. The van der Waals surface area contributed by atoms with Gasteiger partial charge < -0.3 is 5.32 Å². The van der Waals surface area contributed by atoms with Gasteiger partial charge in [0, 0.05) is 18.7 Å². The average molecular weight is 471 g/mol. The molecule has 10 heteroatoms. The molecule has 9 nitrogen and oxygen atoms in total. The molecule has 2 aliphatic rings. The smallest absolute Gasteiger partial charge is 0.318 e. The van der Waals surface area contributed by atoms with Gasteiger partial charge in [-0.2, -0.15) is 9.31 Å². The number of carbonyl (C=O) groups excluding carboxylic acids is 3. The van der Waals surface area contributed by atoms with E-state index < -0.39 is 33.4 Å². The number of rotatable bonds is 5. The van der Waals surface area contributed by atoms with Gasteiger partial charge >= 0.3 is 6.03 Å². The number of hydrazine groups is 1. The fourth-order valence-electron chi connectivity index (χ4n) is 4.03. The van der Waals surface area contributed by atoms with Gasteiger partial charge in [0.15, 0.2) is 0 Å². The summed E-state index contributed by atoms with van der Waals surface area (Å²) in [5.74, 6) is -0.825. The molecule has 0 bridgehead atoms. The van der Waals surface area contributed by atoms with E-state index in [0.29, 0.717) is 29.6 Å². The monoisotopic (exact) mass is 470 g/mol. The van der Waals surface area contributed by atoms with Crippen LogP contribution in [0.15, 0.2) is 59.5 Å². The van der Waals surface area contributed by atoms with Crippen molar-refractivity contribution in [3.63, 3.8) is 0 Å². The van der Waals surface area contributed by atoms with Crippen LogP contribution in [0.4, 0.5) is 4.79 Å². The standard InChI is InChI=1S/C23H26N4O5S/c1-16-12-14-26(15-13-16)33(31,32)19-10-8-17(9-11-19)20(28)25-27-21(29)23(2,24-22(27)30)18-6-4-3-5-7-18/h3-11,16H,12-15H2,1-2H3,(H,24,30)(H,25,28). The van der Waals surface area contributed by atoms with Gasteiger partial charge in [0.25, 0.3) is 11.8 Å². The maximum absolute atomic E-state index is 12.9. The zero-order valence-electron chi connectivity index (χ0n) is 18.4. The number of imide groups is 1. The third-order valence-corrected chi connectivity index (χ3v) is 8.17. The molecule has 33 heavy (non-hydrogen) atoms. The van der Waals surface area contributed by atoms with Crippen molar-refractivity contribution >= 4 is 27.9 Å². The van der Waals surface area contributed by atoms with Gasteiger partial charge in [0.2, 0.25) is 10.0 Å². The molecule has 2 heterocycles. The van der Waals surface area contributed by atoms with Gasteiger partial charge in [-0.05, 0) is 55.5 Å². The first kappa shape index (κ1) is 22.9. The van der Waals surface area contributed by atoms with Crippen molar-refractivity contribution in [1.82, 2.24) is 20.1 Å². The summed E-state index contributed by atoms with van der Waals surface area (Å²) in [6.45, 7) is 4.61. The van der Waals surface area contributed by atoms with Crippen LogP contribution in [0.3, 0.4) is 0 Å². The van der Waals surface area contributed by atoms with Crippen LogP contribution in [0.25, 0.3) is 0 Å². The predicted molar refractivity (Wildman–Crippen MR) is 120 cm³/mol. The highest BCUT2D eigenvalue weighted by Gasteiger charge is 2.50. The number of hydrogen-bond donors (Lipinski definition) is 2. The lowest BCUT2D eigenvalue weighted by atomic mass is 9.92. The van der Waals surface area contributed by atoms with E-state index in [1.54, 1.807) is 37.3 Å². The summed E-state index contributed by atoms with van der Waals surface area (Å²) in [7, 11) is -3.64. The third kappa shape index (κ3) is 4.23. The lowest BCUT2D eigenvalue weighted by Gasteiger charge is -2.29. The summed E-state index contributed by atoms with van der Waals surface area (Å²) in [6, 6.07) is 13.4. The number of piperidine rings is 1. The Bertz CT molecular complexity index is 1180. The van der Waals surface area contributed by atoms with E-state index in [4.69, 9.17) is 0 Å². The fourth-order valence-corrected chi connectivity index (χ4v) is 5.50. The Morgan fingerprint density at radius 1 is 1.03 bits per heavy atom. The van der Waals surface area contributed by atoms with Crippen molar-refractivity contribution in [1.29, 1.82) is 0 Å². The Balaban J connectivity index is 1.47. The van der Waals surface area contributed by atoms with Crippen molar-refractivity contribution in [2.75, 3.05) is 13.1 Å². The summed E-state index contributed by atoms with van der Waals surface area (Å²) in [5.41, 5.74) is 1.71. The fraction of sp³-hybridized carbons (Fsp3) is 0.348. The average Bonchev–Trinajstić information content (AvgIpc) is 3.04. The van der Waals surface area contributed by atoms with Crippen molar-refractivity contribution in [3.05, 3.63) is 65.7 Å². The van der Waals surface area contributed by atoms with Crippen LogP contribution in [-0.2, 0) is 20.4 Å². The van der Waals surface area contributed by atoms with Crippen molar-refractivity contribution in [2.45, 2.75) is 37.1 Å². The maximum atomic E-state index is 12.9. The molecular formula is C23H26N4O5S. The lowest BCUT2D eigenvalue weighted by molar-refractivity contribution is -0.132. The highest BCUT2D eigenvalue weighted by atomic mass is 32.2. The molecule has 1 atom stereocenters. The van der Waals surface area contributed by atoms with Crippen molar-refractivity contribution in [3.8, 4) is 0 Å². The van der Waals surface area contributed by atoms with Gasteiger partial charge in [-0.1, -0.05) is 37.3 Å². The first-order valence-electron chi connectivity index (χ1n) is 10.8. The van der Waals surface area contributed by atoms with E-state index >= 15 is 0 Å². The first-order chi connectivity index (χ1) is 15.6. The quantitative estimate of drug-likeness (QED) is 0.650. The van der Waals surface area contributed by atoms with E-state index in [9.17, 15) is 22.8 Å². The molecule has 0 radical (unpaired) electrons. The highest BCUT2D eigenvalue weighted by Crippen LogP contribution is 2.28. The van der Waals surface area contributed by atoms with Crippen molar-refractivity contribution < 1.29 is 22.8 Å². The minimum absolute atomic E-state index is 0.0975. The van der Waals surface area contributed by atoms with E-state index in [0.717, 1.165) is 12.8 Å². The molecule has 174 valence electrons. The molecule has 2 aliphatic heterocycles. The van der Waals surface area contributed by atoms with Crippen LogP contribution in [0.1, 0.15) is 42.6 Å². The largest absolute Gasteiger partial charge is 0.344 e. The second-order valence-electron chi connectivity index (χ2n) is 8.61. The zero-order valence-corrected chi connectivity index (χ0v) is 19.3. The van der Waals surface area contributed by atoms with Crippen LogP contribution in [0.5, 0.6) is 0 Å². The number of hydrogen-bond acceptors (Lipinski definition) is 5. The summed E-state index contributed by atoms with van der Waals surface area (Å²) >= 11 is 0. The third-order valence-electron chi connectivity index (χ3n) is 6.25. The Labute approximate surface area is 192 Å². The molecule has 2 fully saturated rings. The van der Waals surface area contributed by atoms with E-state index in [1.807, 2.05) is 0 Å². The number of amides is 4. The molecule has 2 saturated heterocycles. The van der Waals surface area contributed by atoms with E-state index in [1.165, 1.54) is 28.6 Å². The number of carbonyl (C=O) groups is 3. The second kappa shape index (κ2) is 8.60. The van der Waals surface area contributed by atoms with Gasteiger partial charge in [-0.25, -0.2) is 13.2 Å². The molecule has 2 aromatic rings. The Kier molecular flexibility index (Phi) is 5.98. The molecule has 0 aliphatic carbocycles. The van der Waals surface area contributed by atoms with Gasteiger partial charge in [0.05, 0.1) is 4.90 Å².